The minimum absolute atomic E-state index is 0.0517. The number of aromatic nitrogens is 5. The lowest BCUT2D eigenvalue weighted by Gasteiger charge is -2.36. The van der Waals surface area contributed by atoms with E-state index in [1.165, 1.54) is 4.63 Å². The van der Waals surface area contributed by atoms with Crippen LogP contribution < -0.4 is 10.2 Å². The molecule has 9 nitrogen and oxygen atoms in total. The molecule has 106 valence electrons. The van der Waals surface area contributed by atoms with Gasteiger partial charge in [0.2, 0.25) is 5.91 Å². The number of fused-ring (bicyclic) bond motifs is 1. The van der Waals surface area contributed by atoms with E-state index in [-0.39, 0.29) is 11.9 Å². The van der Waals surface area contributed by atoms with Crippen molar-refractivity contribution in [2.45, 2.75) is 6.04 Å². The van der Waals surface area contributed by atoms with E-state index < -0.39 is 0 Å². The zero-order valence-electron chi connectivity index (χ0n) is 11.4. The highest BCUT2D eigenvalue weighted by molar-refractivity contribution is 5.85. The second kappa shape index (κ2) is 5.00. The number of tetrazole rings is 1. The van der Waals surface area contributed by atoms with Gasteiger partial charge >= 0.3 is 0 Å². The predicted molar refractivity (Wildman–Crippen MR) is 71.3 cm³/mol. The third kappa shape index (κ3) is 2.16. The van der Waals surface area contributed by atoms with Crippen molar-refractivity contribution in [1.82, 2.24) is 35.5 Å². The van der Waals surface area contributed by atoms with Crippen LogP contribution in [0.2, 0.25) is 0 Å². The van der Waals surface area contributed by atoms with E-state index in [0.29, 0.717) is 24.6 Å². The average Bonchev–Trinajstić information content (AvgIpc) is 2.93. The van der Waals surface area contributed by atoms with E-state index >= 15 is 0 Å². The monoisotopic (exact) mass is 276 g/mol. The summed E-state index contributed by atoms with van der Waals surface area (Å²) >= 11 is 0. The van der Waals surface area contributed by atoms with Gasteiger partial charge in [-0.1, -0.05) is 0 Å². The molecule has 0 aliphatic carbocycles. The van der Waals surface area contributed by atoms with Crippen molar-refractivity contribution in [3.63, 3.8) is 0 Å². The molecule has 1 N–H and O–H groups in total. The summed E-state index contributed by atoms with van der Waals surface area (Å²) in [6.07, 6.45) is 0. The average molecular weight is 276 g/mol. The van der Waals surface area contributed by atoms with Crippen LogP contribution in [-0.2, 0) is 4.79 Å². The highest BCUT2D eigenvalue weighted by atomic mass is 16.2. The second-order valence-corrected chi connectivity index (χ2v) is 4.86. The van der Waals surface area contributed by atoms with Gasteiger partial charge in [-0.2, -0.15) is 0 Å². The standard InChI is InChI=1S/C11H16N8O/c1-17(2)11(20)8-7-12-5-6-18(8)10-4-3-9-13-15-16-19(9)14-10/h3-4,8,12H,5-7H2,1-2H3. The van der Waals surface area contributed by atoms with Gasteiger partial charge in [-0.25, -0.2) is 0 Å². The molecule has 1 atom stereocenters. The molecular formula is C11H16N8O. The topological polar surface area (TPSA) is 91.5 Å². The Hall–Kier alpha value is -2.29. The van der Waals surface area contributed by atoms with Crippen LogP contribution in [0.25, 0.3) is 5.65 Å². The largest absolute Gasteiger partial charge is 0.347 e. The molecule has 1 amide bonds. The molecule has 3 heterocycles. The van der Waals surface area contributed by atoms with Gasteiger partial charge in [-0.3, -0.25) is 4.79 Å². The van der Waals surface area contributed by atoms with E-state index in [4.69, 9.17) is 0 Å². The maximum Gasteiger partial charge on any atom is 0.246 e. The fourth-order valence-electron chi connectivity index (χ4n) is 2.29. The Morgan fingerprint density at radius 2 is 2.30 bits per heavy atom. The molecule has 1 aliphatic heterocycles. The molecule has 3 rings (SSSR count). The number of hydrogen-bond donors (Lipinski definition) is 1. The number of nitrogens with zero attached hydrogens (tertiary/aromatic N) is 7. The van der Waals surface area contributed by atoms with E-state index in [2.05, 4.69) is 25.9 Å². The Morgan fingerprint density at radius 3 is 3.10 bits per heavy atom. The van der Waals surface area contributed by atoms with Crippen LogP contribution >= 0.6 is 0 Å². The van der Waals surface area contributed by atoms with Gasteiger partial charge in [0.05, 0.1) is 0 Å². The Labute approximate surface area is 115 Å². The molecule has 0 aromatic carbocycles. The number of piperazine rings is 1. The Kier molecular flexibility index (Phi) is 3.18. The number of hydrogen-bond acceptors (Lipinski definition) is 7. The van der Waals surface area contributed by atoms with Crippen molar-refractivity contribution >= 4 is 17.4 Å². The smallest absolute Gasteiger partial charge is 0.246 e. The lowest BCUT2D eigenvalue weighted by molar-refractivity contribution is -0.130. The first-order valence-corrected chi connectivity index (χ1v) is 6.41. The summed E-state index contributed by atoms with van der Waals surface area (Å²) in [6, 6.07) is 3.37. The SMILES string of the molecule is CN(C)C(=O)C1CNCCN1c1ccc2nnnn2n1. The molecule has 0 saturated carbocycles. The van der Waals surface area contributed by atoms with E-state index in [1.807, 2.05) is 11.0 Å². The first-order chi connectivity index (χ1) is 9.66. The fourth-order valence-corrected chi connectivity index (χ4v) is 2.29. The second-order valence-electron chi connectivity index (χ2n) is 4.86. The summed E-state index contributed by atoms with van der Waals surface area (Å²) in [4.78, 5) is 15.8. The number of rotatable bonds is 2. The summed E-state index contributed by atoms with van der Waals surface area (Å²) in [5, 5.41) is 18.8. The van der Waals surface area contributed by atoms with Crippen LogP contribution in [0.4, 0.5) is 5.82 Å². The minimum Gasteiger partial charge on any atom is -0.347 e. The number of anilines is 1. The fraction of sp³-hybridized carbons (Fsp3) is 0.545. The third-order valence-electron chi connectivity index (χ3n) is 3.32. The molecule has 0 radical (unpaired) electrons. The van der Waals surface area contributed by atoms with Crippen LogP contribution in [-0.4, -0.2) is 75.8 Å². The van der Waals surface area contributed by atoms with Gasteiger partial charge in [0.15, 0.2) is 11.5 Å². The molecule has 20 heavy (non-hydrogen) atoms. The molecule has 1 fully saturated rings. The molecule has 0 spiro atoms. The Bertz CT molecular complexity index is 624. The molecule has 2 aromatic rings. The van der Waals surface area contributed by atoms with Gasteiger partial charge < -0.3 is 15.1 Å². The predicted octanol–water partition coefficient (Wildman–Crippen LogP) is -1.61. The van der Waals surface area contributed by atoms with Gasteiger partial charge in [0.1, 0.15) is 6.04 Å². The lowest BCUT2D eigenvalue weighted by Crippen LogP contribution is -2.58. The van der Waals surface area contributed by atoms with Gasteiger partial charge in [0, 0.05) is 33.7 Å². The van der Waals surface area contributed by atoms with E-state index in [1.54, 1.807) is 25.1 Å². The first-order valence-electron chi connectivity index (χ1n) is 6.41. The highest BCUT2D eigenvalue weighted by Crippen LogP contribution is 2.16. The minimum atomic E-state index is -0.264. The van der Waals surface area contributed by atoms with Crippen LogP contribution in [0.15, 0.2) is 12.1 Å². The molecule has 0 bridgehead atoms. The van der Waals surface area contributed by atoms with Crippen molar-refractivity contribution in [3.8, 4) is 0 Å². The molecule has 2 aromatic heterocycles. The Morgan fingerprint density at radius 1 is 1.45 bits per heavy atom. The maximum atomic E-state index is 12.3. The molecule has 1 saturated heterocycles. The van der Waals surface area contributed by atoms with Crippen LogP contribution in [0.1, 0.15) is 0 Å². The summed E-state index contributed by atoms with van der Waals surface area (Å²) < 4.78 is 1.37. The highest BCUT2D eigenvalue weighted by Gasteiger charge is 2.30. The number of likely N-dealkylation sites (N-methyl/N-ethyl adjacent to an activating group) is 1. The lowest BCUT2D eigenvalue weighted by atomic mass is 10.1. The Balaban J connectivity index is 1.94. The third-order valence-corrected chi connectivity index (χ3v) is 3.32. The zero-order chi connectivity index (χ0) is 14.1. The number of amides is 1. The van der Waals surface area contributed by atoms with Crippen LogP contribution in [0.3, 0.4) is 0 Å². The van der Waals surface area contributed by atoms with Crippen molar-refractivity contribution < 1.29 is 4.79 Å². The first kappa shape index (κ1) is 12.7. The van der Waals surface area contributed by atoms with Gasteiger partial charge in [-0.05, 0) is 22.6 Å². The number of carbonyl (C=O) groups excluding carboxylic acids is 1. The van der Waals surface area contributed by atoms with Crippen molar-refractivity contribution in [2.75, 3.05) is 38.6 Å². The normalized spacial score (nSPS) is 19.3. The maximum absolute atomic E-state index is 12.3. The zero-order valence-corrected chi connectivity index (χ0v) is 11.4. The molecule has 1 aliphatic rings. The van der Waals surface area contributed by atoms with E-state index in [9.17, 15) is 4.79 Å². The van der Waals surface area contributed by atoms with Crippen molar-refractivity contribution in [2.24, 2.45) is 0 Å². The van der Waals surface area contributed by atoms with Gasteiger partial charge in [0.25, 0.3) is 0 Å². The summed E-state index contributed by atoms with van der Waals surface area (Å²) in [6.45, 7) is 2.13. The number of nitrogens with one attached hydrogen (secondary N) is 1. The quantitative estimate of drug-likeness (QED) is 0.705. The van der Waals surface area contributed by atoms with Crippen LogP contribution in [0, 0.1) is 0 Å². The molecular weight excluding hydrogens is 260 g/mol. The number of carbonyl (C=O) groups is 1. The summed E-state index contributed by atoms with van der Waals surface area (Å²) in [5.41, 5.74) is 0.583. The summed E-state index contributed by atoms with van der Waals surface area (Å²) in [7, 11) is 3.51. The van der Waals surface area contributed by atoms with Crippen LogP contribution in [0.5, 0.6) is 0 Å². The molecule has 9 heteroatoms. The van der Waals surface area contributed by atoms with E-state index in [0.717, 1.165) is 6.54 Å². The van der Waals surface area contributed by atoms with Gasteiger partial charge in [-0.15, -0.1) is 14.8 Å². The summed E-state index contributed by atoms with van der Waals surface area (Å²) in [5.74, 6) is 0.752. The van der Waals surface area contributed by atoms with Crippen molar-refractivity contribution in [1.29, 1.82) is 0 Å². The molecule has 1 unspecified atom stereocenters. The van der Waals surface area contributed by atoms with Crippen molar-refractivity contribution in [3.05, 3.63) is 12.1 Å².